The average molecular weight is 355 g/mol. The first kappa shape index (κ1) is 19.0. The van der Waals surface area contributed by atoms with Gasteiger partial charge in [0.2, 0.25) is 5.91 Å². The summed E-state index contributed by atoms with van der Waals surface area (Å²) in [6.45, 7) is 2.27. The van der Waals surface area contributed by atoms with Crippen molar-refractivity contribution in [1.82, 2.24) is 4.90 Å². The van der Waals surface area contributed by atoms with Gasteiger partial charge in [-0.2, -0.15) is 0 Å². The fraction of sp³-hybridized carbons (Fsp3) is 0.190. The molecule has 0 saturated carbocycles. The summed E-state index contributed by atoms with van der Waals surface area (Å²) >= 11 is 0. The van der Waals surface area contributed by atoms with Gasteiger partial charge in [-0.25, -0.2) is 0 Å². The molecule has 2 N–H and O–H groups in total. The van der Waals surface area contributed by atoms with Crippen molar-refractivity contribution >= 4 is 29.1 Å². The van der Waals surface area contributed by atoms with Crippen molar-refractivity contribution in [3.63, 3.8) is 0 Å². The zero-order valence-corrected chi connectivity index (χ0v) is 15.3. The number of carbonyl (C=O) groups is 1. The third kappa shape index (κ3) is 4.38. The Morgan fingerprint density at radius 1 is 0.960 bits per heavy atom. The number of benzene rings is 3. The number of halogens is 1. The SMILES string of the molecule is CC(N)C(=O)N(C)Cc1cccc(-c2ccc3ccccc3c2)c1.Cl. The van der Waals surface area contributed by atoms with Gasteiger partial charge in [0.15, 0.2) is 0 Å². The van der Waals surface area contributed by atoms with Gasteiger partial charge in [-0.3, -0.25) is 4.79 Å². The minimum absolute atomic E-state index is 0. The summed E-state index contributed by atoms with van der Waals surface area (Å²) < 4.78 is 0. The Labute approximate surface area is 154 Å². The highest BCUT2D eigenvalue weighted by atomic mass is 35.5. The number of rotatable bonds is 4. The lowest BCUT2D eigenvalue weighted by Crippen LogP contribution is -2.39. The van der Waals surface area contributed by atoms with Crippen LogP contribution in [0, 0.1) is 0 Å². The number of nitrogens with zero attached hydrogens (tertiary/aromatic N) is 1. The van der Waals surface area contributed by atoms with Gasteiger partial charge in [0.1, 0.15) is 0 Å². The first-order chi connectivity index (χ1) is 11.5. The molecule has 3 aromatic carbocycles. The topological polar surface area (TPSA) is 46.3 Å². The van der Waals surface area contributed by atoms with Gasteiger partial charge in [0.05, 0.1) is 6.04 Å². The Morgan fingerprint density at radius 2 is 1.64 bits per heavy atom. The molecule has 1 unspecified atom stereocenters. The maximum absolute atomic E-state index is 11.9. The zero-order chi connectivity index (χ0) is 17.1. The Morgan fingerprint density at radius 3 is 2.36 bits per heavy atom. The minimum atomic E-state index is -0.473. The van der Waals surface area contributed by atoms with E-state index >= 15 is 0 Å². The van der Waals surface area contributed by atoms with Crippen molar-refractivity contribution in [3.8, 4) is 11.1 Å². The van der Waals surface area contributed by atoms with E-state index in [0.717, 1.165) is 11.1 Å². The fourth-order valence-corrected chi connectivity index (χ4v) is 2.92. The van der Waals surface area contributed by atoms with Crippen LogP contribution in [0.25, 0.3) is 21.9 Å². The third-order valence-electron chi connectivity index (χ3n) is 4.20. The first-order valence-electron chi connectivity index (χ1n) is 8.13. The summed E-state index contributed by atoms with van der Waals surface area (Å²) in [6.07, 6.45) is 0. The van der Waals surface area contributed by atoms with Gasteiger partial charge in [0, 0.05) is 13.6 Å². The highest BCUT2D eigenvalue weighted by Gasteiger charge is 2.13. The van der Waals surface area contributed by atoms with E-state index in [2.05, 4.69) is 48.5 Å². The molecule has 0 fully saturated rings. The van der Waals surface area contributed by atoms with Crippen LogP contribution < -0.4 is 5.73 Å². The molecule has 1 amide bonds. The third-order valence-corrected chi connectivity index (χ3v) is 4.20. The van der Waals surface area contributed by atoms with Crippen molar-refractivity contribution in [2.24, 2.45) is 5.73 Å². The largest absolute Gasteiger partial charge is 0.340 e. The second-order valence-corrected chi connectivity index (χ2v) is 6.25. The molecule has 0 heterocycles. The van der Waals surface area contributed by atoms with Crippen LogP contribution >= 0.6 is 12.4 Å². The van der Waals surface area contributed by atoms with Crippen molar-refractivity contribution in [1.29, 1.82) is 0 Å². The zero-order valence-electron chi connectivity index (χ0n) is 14.5. The van der Waals surface area contributed by atoms with Crippen molar-refractivity contribution in [3.05, 3.63) is 72.3 Å². The molecule has 0 saturated heterocycles. The van der Waals surface area contributed by atoms with E-state index in [1.54, 1.807) is 18.9 Å². The Balaban J connectivity index is 0.00000225. The molecule has 130 valence electrons. The summed E-state index contributed by atoms with van der Waals surface area (Å²) in [5, 5.41) is 2.46. The lowest BCUT2D eigenvalue weighted by atomic mass is 9.99. The molecular weight excluding hydrogens is 332 g/mol. The molecule has 0 aliphatic heterocycles. The van der Waals surface area contributed by atoms with Crippen LogP contribution in [0.2, 0.25) is 0 Å². The highest BCUT2D eigenvalue weighted by Crippen LogP contribution is 2.25. The normalized spacial score (nSPS) is 11.6. The van der Waals surface area contributed by atoms with Crippen LogP contribution in [-0.2, 0) is 11.3 Å². The molecule has 25 heavy (non-hydrogen) atoms. The number of nitrogens with two attached hydrogens (primary N) is 1. The molecule has 0 aliphatic carbocycles. The molecule has 0 bridgehead atoms. The minimum Gasteiger partial charge on any atom is -0.340 e. The molecular formula is C21H23ClN2O. The van der Waals surface area contributed by atoms with Gasteiger partial charge in [-0.15, -0.1) is 12.4 Å². The predicted octanol–water partition coefficient (Wildman–Crippen LogP) is 4.23. The maximum atomic E-state index is 11.9. The number of hydrogen-bond donors (Lipinski definition) is 1. The molecule has 3 rings (SSSR count). The molecule has 0 spiro atoms. The summed E-state index contributed by atoms with van der Waals surface area (Å²) in [5.74, 6) is -0.0499. The smallest absolute Gasteiger partial charge is 0.239 e. The average Bonchev–Trinajstić information content (AvgIpc) is 2.60. The summed E-state index contributed by atoms with van der Waals surface area (Å²) in [5.41, 5.74) is 9.10. The number of carbonyl (C=O) groups excluding carboxylic acids is 1. The summed E-state index contributed by atoms with van der Waals surface area (Å²) in [6, 6.07) is 22.6. The molecule has 3 nitrogen and oxygen atoms in total. The molecule has 1 atom stereocenters. The number of amides is 1. The van der Waals surface area contributed by atoms with E-state index in [1.165, 1.54) is 16.3 Å². The van der Waals surface area contributed by atoms with E-state index in [9.17, 15) is 4.79 Å². The van der Waals surface area contributed by atoms with Crippen LogP contribution in [0.3, 0.4) is 0 Å². The van der Waals surface area contributed by atoms with E-state index in [4.69, 9.17) is 5.73 Å². The van der Waals surface area contributed by atoms with Crippen molar-refractivity contribution in [2.75, 3.05) is 7.05 Å². The van der Waals surface area contributed by atoms with Crippen LogP contribution in [0.15, 0.2) is 66.7 Å². The predicted molar refractivity (Wildman–Crippen MR) is 107 cm³/mol. The molecule has 3 aromatic rings. The number of likely N-dealkylation sites (N-methyl/N-ethyl adjacent to an activating group) is 1. The van der Waals surface area contributed by atoms with Gasteiger partial charge >= 0.3 is 0 Å². The van der Waals surface area contributed by atoms with Crippen molar-refractivity contribution < 1.29 is 4.79 Å². The standard InChI is InChI=1S/C21H22N2O.ClH/c1-15(22)21(24)23(2)14-16-6-5-9-18(12-16)20-11-10-17-7-3-4-8-19(17)13-20;/h3-13,15H,14,22H2,1-2H3;1H. The Hall–Kier alpha value is -2.36. The lowest BCUT2D eigenvalue weighted by Gasteiger charge is -2.19. The second kappa shape index (κ2) is 8.15. The van der Waals surface area contributed by atoms with E-state index in [-0.39, 0.29) is 18.3 Å². The first-order valence-corrected chi connectivity index (χ1v) is 8.13. The number of hydrogen-bond acceptors (Lipinski definition) is 2. The van der Waals surface area contributed by atoms with Crippen molar-refractivity contribution in [2.45, 2.75) is 19.5 Å². The molecule has 0 aliphatic rings. The quantitative estimate of drug-likeness (QED) is 0.761. The molecule has 0 radical (unpaired) electrons. The van der Waals surface area contributed by atoms with Crippen LogP contribution in [0.5, 0.6) is 0 Å². The monoisotopic (exact) mass is 354 g/mol. The molecule has 4 heteroatoms. The maximum Gasteiger partial charge on any atom is 0.239 e. The van der Waals surface area contributed by atoms with Gasteiger partial charge in [-0.1, -0.05) is 54.6 Å². The van der Waals surface area contributed by atoms with Gasteiger partial charge in [-0.05, 0) is 46.5 Å². The number of fused-ring (bicyclic) bond motifs is 1. The van der Waals surface area contributed by atoms with Gasteiger partial charge < -0.3 is 10.6 Å². The lowest BCUT2D eigenvalue weighted by molar-refractivity contribution is -0.131. The summed E-state index contributed by atoms with van der Waals surface area (Å²) in [7, 11) is 1.79. The van der Waals surface area contributed by atoms with E-state index in [1.807, 2.05) is 18.2 Å². The Kier molecular flexibility index (Phi) is 6.18. The van der Waals surface area contributed by atoms with Gasteiger partial charge in [0.25, 0.3) is 0 Å². The highest BCUT2D eigenvalue weighted by molar-refractivity contribution is 5.87. The van der Waals surface area contributed by atoms with E-state index in [0.29, 0.717) is 6.54 Å². The van der Waals surface area contributed by atoms with E-state index < -0.39 is 6.04 Å². The second-order valence-electron chi connectivity index (χ2n) is 6.25. The van der Waals surface area contributed by atoms with Crippen LogP contribution in [0.4, 0.5) is 0 Å². The van der Waals surface area contributed by atoms with Crippen LogP contribution in [0.1, 0.15) is 12.5 Å². The van der Waals surface area contributed by atoms with Crippen LogP contribution in [-0.4, -0.2) is 23.9 Å². The summed E-state index contributed by atoms with van der Waals surface area (Å²) in [4.78, 5) is 13.6. The molecule has 0 aromatic heterocycles. The Bertz CT molecular complexity index is 876. The fourth-order valence-electron chi connectivity index (χ4n) is 2.92.